The summed E-state index contributed by atoms with van der Waals surface area (Å²) >= 11 is 0. The zero-order valence-corrected chi connectivity index (χ0v) is 34.0. The monoisotopic (exact) mass is 771 g/mol. The van der Waals surface area contributed by atoms with Gasteiger partial charge in [-0.3, -0.25) is 0 Å². The van der Waals surface area contributed by atoms with E-state index >= 15 is 0 Å². The Morgan fingerprint density at radius 2 is 0.783 bits per heavy atom. The molecule has 0 spiro atoms. The summed E-state index contributed by atoms with van der Waals surface area (Å²) < 4.78 is 13.7. The number of fused-ring (bicyclic) bond motifs is 18. The van der Waals surface area contributed by atoms with Gasteiger partial charge in [-0.25, -0.2) is 0 Å². The number of hydrogen-bond donors (Lipinski definition) is 0. The van der Waals surface area contributed by atoms with Gasteiger partial charge in [-0.2, -0.15) is 0 Å². The van der Waals surface area contributed by atoms with Crippen molar-refractivity contribution in [2.75, 3.05) is 0 Å². The summed E-state index contributed by atoms with van der Waals surface area (Å²) in [6.07, 6.45) is 0. The summed E-state index contributed by atoms with van der Waals surface area (Å²) in [6.45, 7) is 8.00. The number of benzene rings is 9. The van der Waals surface area contributed by atoms with Crippen LogP contribution in [0.25, 0.3) is 126 Å². The van der Waals surface area contributed by atoms with Gasteiger partial charge in [-0.15, -0.1) is 0 Å². The zero-order valence-electron chi connectivity index (χ0n) is 34.0. The highest BCUT2D eigenvalue weighted by atomic mass is 16.3. The molecule has 9 aromatic carbocycles. The van der Waals surface area contributed by atoms with Gasteiger partial charge >= 0.3 is 0 Å². The molecule has 0 unspecified atom stereocenters. The molecule has 0 atom stereocenters. The third kappa shape index (κ3) is 4.45. The van der Waals surface area contributed by atoms with Crippen LogP contribution in [0, 0.1) is 0 Å². The summed E-state index contributed by atoms with van der Waals surface area (Å²) in [5.74, 6) is 0. The Morgan fingerprint density at radius 1 is 0.300 bits per heavy atom. The molecule has 4 heteroatoms. The van der Waals surface area contributed by atoms with Crippen LogP contribution in [0.1, 0.15) is 27.7 Å². The van der Waals surface area contributed by atoms with Crippen molar-refractivity contribution < 1.29 is 4.42 Å². The first-order valence-electron chi connectivity index (χ1n) is 21.3. The van der Waals surface area contributed by atoms with Crippen molar-refractivity contribution in [2.45, 2.75) is 27.7 Å². The third-order valence-corrected chi connectivity index (χ3v) is 12.6. The molecule has 5 heterocycles. The summed E-state index contributed by atoms with van der Waals surface area (Å²) in [4.78, 5) is 0. The Balaban J connectivity index is 0.000000944. The van der Waals surface area contributed by atoms with E-state index in [0.717, 1.165) is 38.8 Å². The highest BCUT2D eigenvalue weighted by molar-refractivity contribution is 6.32. The number of nitrogens with zero attached hydrogens (tertiary/aromatic N) is 3. The Hall–Kier alpha value is -7.56. The molecule has 0 bridgehead atoms. The molecule has 0 aliphatic heterocycles. The van der Waals surface area contributed by atoms with Crippen molar-refractivity contribution in [2.24, 2.45) is 0 Å². The molecule has 4 nitrogen and oxygen atoms in total. The molecular formula is C56H41N3O. The first-order valence-corrected chi connectivity index (χ1v) is 21.3. The van der Waals surface area contributed by atoms with E-state index in [9.17, 15) is 0 Å². The number of furan rings is 1. The lowest BCUT2D eigenvalue weighted by molar-refractivity contribution is 0.668. The fourth-order valence-electron chi connectivity index (χ4n) is 10.3. The zero-order chi connectivity index (χ0) is 40.2. The number of rotatable bonds is 2. The van der Waals surface area contributed by atoms with Crippen LogP contribution in [0.15, 0.2) is 180 Å². The Bertz CT molecular complexity index is 4000. The van der Waals surface area contributed by atoms with Crippen LogP contribution >= 0.6 is 0 Å². The van der Waals surface area contributed by atoms with Gasteiger partial charge in [0.25, 0.3) is 0 Å². The van der Waals surface area contributed by atoms with Crippen LogP contribution in [-0.4, -0.2) is 13.5 Å². The van der Waals surface area contributed by atoms with Crippen LogP contribution in [0.4, 0.5) is 0 Å². The van der Waals surface area contributed by atoms with Gasteiger partial charge in [0.1, 0.15) is 11.2 Å². The van der Waals surface area contributed by atoms with Gasteiger partial charge in [-0.1, -0.05) is 137 Å². The molecule has 0 radical (unpaired) electrons. The van der Waals surface area contributed by atoms with Crippen LogP contribution in [-0.2, 0) is 0 Å². The average Bonchev–Trinajstić information content (AvgIpc) is 4.12. The maximum atomic E-state index is 6.39. The molecule has 0 aliphatic carbocycles. The highest BCUT2D eigenvalue weighted by Crippen LogP contribution is 2.45. The van der Waals surface area contributed by atoms with E-state index < -0.39 is 0 Å². The first-order chi connectivity index (χ1) is 29.8. The van der Waals surface area contributed by atoms with E-state index in [1.807, 2.05) is 39.8 Å². The van der Waals surface area contributed by atoms with Gasteiger partial charge < -0.3 is 18.0 Å². The molecule has 60 heavy (non-hydrogen) atoms. The van der Waals surface area contributed by atoms with E-state index in [4.69, 9.17) is 4.42 Å². The molecule has 14 rings (SSSR count). The quantitative estimate of drug-likeness (QED) is 0.172. The second-order valence-corrected chi connectivity index (χ2v) is 15.3. The van der Waals surface area contributed by atoms with E-state index in [1.54, 1.807) is 0 Å². The smallest absolute Gasteiger partial charge is 0.137 e. The van der Waals surface area contributed by atoms with Gasteiger partial charge in [0, 0.05) is 71.3 Å². The molecule has 0 saturated carbocycles. The largest absolute Gasteiger partial charge is 0.456 e. The average molecular weight is 772 g/mol. The predicted octanol–water partition coefficient (Wildman–Crippen LogP) is 16.1. The van der Waals surface area contributed by atoms with Crippen molar-refractivity contribution in [3.8, 4) is 11.4 Å². The minimum Gasteiger partial charge on any atom is -0.456 e. The summed E-state index contributed by atoms with van der Waals surface area (Å²) in [6, 6.07) is 64.5. The summed E-state index contributed by atoms with van der Waals surface area (Å²) in [7, 11) is 0. The lowest BCUT2D eigenvalue weighted by Gasteiger charge is -2.12. The van der Waals surface area contributed by atoms with Gasteiger partial charge in [0.05, 0.1) is 38.6 Å². The molecule has 5 aromatic heterocycles. The fraction of sp³-hybridized carbons (Fsp3) is 0.0714. The van der Waals surface area contributed by atoms with Crippen LogP contribution in [0.2, 0.25) is 0 Å². The topological polar surface area (TPSA) is 27.4 Å². The van der Waals surface area contributed by atoms with E-state index in [0.29, 0.717) is 0 Å². The Labute approximate surface area is 346 Å². The van der Waals surface area contributed by atoms with E-state index in [2.05, 4.69) is 177 Å². The maximum Gasteiger partial charge on any atom is 0.137 e. The normalized spacial score (nSPS) is 12.0. The van der Waals surface area contributed by atoms with Crippen LogP contribution in [0.5, 0.6) is 0 Å². The van der Waals surface area contributed by atoms with Crippen molar-refractivity contribution in [1.82, 2.24) is 13.5 Å². The number of aromatic nitrogens is 3. The lowest BCUT2D eigenvalue weighted by atomic mass is 9.98. The van der Waals surface area contributed by atoms with Gasteiger partial charge in [-0.05, 0) is 71.4 Å². The molecule has 0 amide bonds. The molecule has 286 valence electrons. The third-order valence-electron chi connectivity index (χ3n) is 12.6. The highest BCUT2D eigenvalue weighted by Gasteiger charge is 2.22. The molecule has 0 saturated heterocycles. The SMILES string of the molecule is CC.CC.c1ccc2c(c1)oc1cc(-n3c4ccccc4c4ccc(-n5c6ccccc6c6c7ccc8c(c7ccc65)c5cccc6c7ccccc7n8c65)cc43)ccc12. The Kier molecular flexibility index (Phi) is 7.45. The Morgan fingerprint density at radius 3 is 1.55 bits per heavy atom. The molecule has 0 fully saturated rings. The number of para-hydroxylation sites is 5. The van der Waals surface area contributed by atoms with Crippen LogP contribution < -0.4 is 0 Å². The molecule has 14 aromatic rings. The fourth-order valence-corrected chi connectivity index (χ4v) is 10.3. The van der Waals surface area contributed by atoms with Crippen molar-refractivity contribution in [3.05, 3.63) is 176 Å². The van der Waals surface area contributed by atoms with Crippen molar-refractivity contribution in [3.63, 3.8) is 0 Å². The lowest BCUT2D eigenvalue weighted by Crippen LogP contribution is -1.97. The van der Waals surface area contributed by atoms with E-state index in [-0.39, 0.29) is 0 Å². The molecular weight excluding hydrogens is 731 g/mol. The van der Waals surface area contributed by atoms with Crippen molar-refractivity contribution >= 4 is 114 Å². The molecule has 0 N–H and O–H groups in total. The van der Waals surface area contributed by atoms with Crippen LogP contribution in [0.3, 0.4) is 0 Å². The predicted molar refractivity (Wildman–Crippen MR) is 257 cm³/mol. The second kappa shape index (κ2) is 13.0. The van der Waals surface area contributed by atoms with Gasteiger partial charge in [0.15, 0.2) is 0 Å². The number of hydrogen-bond acceptors (Lipinski definition) is 1. The first kappa shape index (κ1) is 34.5. The standard InChI is InChI=1S/C52H29N3O.2C2H6/c1-5-16-42-32(10-1)34-22-20-30(28-47(34)54(42)31-21-23-36-35-12-4-8-19-48(35)56-49(36)29-31)53-44-18-7-3-13-40(44)50-37-25-27-46-51(38(37)24-26-45(50)53)41-15-9-14-39-33-11-2-6-17-43(33)55(46)52(39)41;2*1-2/h1-29H;2*1-2H3. The van der Waals surface area contributed by atoms with Gasteiger partial charge in [0.2, 0.25) is 0 Å². The van der Waals surface area contributed by atoms with E-state index in [1.165, 1.54) is 87.0 Å². The minimum absolute atomic E-state index is 0.892. The second-order valence-electron chi connectivity index (χ2n) is 15.3. The molecule has 0 aliphatic rings. The maximum absolute atomic E-state index is 6.39. The minimum atomic E-state index is 0.892. The summed E-state index contributed by atoms with van der Waals surface area (Å²) in [5, 5.41) is 15.1. The summed E-state index contributed by atoms with van der Waals surface area (Å²) in [5.41, 5.74) is 12.6. The van der Waals surface area contributed by atoms with Crippen molar-refractivity contribution in [1.29, 1.82) is 0 Å².